The molecule has 0 bridgehead atoms. The number of rotatable bonds is 3. The molecular weight excluding hydrogens is 321 g/mol. The Morgan fingerprint density at radius 1 is 1.41 bits per heavy atom. The van der Waals surface area contributed by atoms with Crippen molar-refractivity contribution in [2.75, 3.05) is 0 Å². The fourth-order valence-corrected chi connectivity index (χ4v) is 1.42. The Kier molecular flexibility index (Phi) is 7.64. The molecule has 0 spiro atoms. The van der Waals surface area contributed by atoms with Crippen LogP contribution in [-0.4, -0.2) is 11.7 Å². The lowest BCUT2D eigenvalue weighted by atomic mass is 10.2. The third kappa shape index (κ3) is 7.01. The summed E-state index contributed by atoms with van der Waals surface area (Å²) < 4.78 is 40.7. The van der Waals surface area contributed by atoms with E-state index in [1.54, 1.807) is 0 Å². The van der Waals surface area contributed by atoms with E-state index in [0.717, 1.165) is 0 Å². The minimum atomic E-state index is -2.93. The van der Waals surface area contributed by atoms with Crippen LogP contribution in [0, 0.1) is 5.82 Å². The van der Waals surface area contributed by atoms with Gasteiger partial charge in [0.25, 0.3) is 0 Å². The average molecular weight is 331 g/mol. The molecule has 17 heavy (non-hydrogen) atoms. The van der Waals surface area contributed by atoms with E-state index in [2.05, 4.69) is 44.4 Å². The largest absolute Gasteiger partial charge is 0.434 e. The SMILES string of the molecule is Fc1cccc(OC(F)F)c1CBr.NC(N)=S. The van der Waals surface area contributed by atoms with Gasteiger partial charge in [-0.3, -0.25) is 0 Å². The molecule has 0 fully saturated rings. The van der Waals surface area contributed by atoms with Gasteiger partial charge >= 0.3 is 6.61 Å². The molecule has 1 aromatic carbocycles. The lowest BCUT2D eigenvalue weighted by Crippen LogP contribution is -2.18. The second-order valence-electron chi connectivity index (χ2n) is 2.63. The maximum Gasteiger partial charge on any atom is 0.387 e. The van der Waals surface area contributed by atoms with Crippen molar-refractivity contribution in [3.8, 4) is 5.75 Å². The Bertz CT molecular complexity index is 375. The number of nitrogens with two attached hydrogens (primary N) is 2. The van der Waals surface area contributed by atoms with Crippen molar-refractivity contribution in [3.05, 3.63) is 29.6 Å². The van der Waals surface area contributed by atoms with Gasteiger partial charge in [0.2, 0.25) is 0 Å². The van der Waals surface area contributed by atoms with E-state index in [1.807, 2.05) is 0 Å². The summed E-state index contributed by atoms with van der Waals surface area (Å²) in [7, 11) is 0. The van der Waals surface area contributed by atoms with Crippen molar-refractivity contribution < 1.29 is 17.9 Å². The molecule has 0 heterocycles. The molecule has 0 aliphatic rings. The van der Waals surface area contributed by atoms with Gasteiger partial charge in [-0.25, -0.2) is 4.39 Å². The lowest BCUT2D eigenvalue weighted by molar-refractivity contribution is -0.0504. The number of hydrogen-bond donors (Lipinski definition) is 2. The second kappa shape index (κ2) is 8.13. The molecule has 8 heteroatoms. The van der Waals surface area contributed by atoms with Gasteiger partial charge in [0.05, 0.1) is 0 Å². The normalized spacial score (nSPS) is 9.47. The van der Waals surface area contributed by atoms with E-state index in [4.69, 9.17) is 0 Å². The van der Waals surface area contributed by atoms with E-state index in [-0.39, 0.29) is 21.8 Å². The topological polar surface area (TPSA) is 61.3 Å². The molecule has 0 aliphatic carbocycles. The van der Waals surface area contributed by atoms with Gasteiger partial charge in [-0.2, -0.15) is 8.78 Å². The molecule has 0 saturated carbocycles. The van der Waals surface area contributed by atoms with Gasteiger partial charge in [0.1, 0.15) is 11.6 Å². The van der Waals surface area contributed by atoms with Crippen molar-refractivity contribution in [2.24, 2.45) is 11.5 Å². The van der Waals surface area contributed by atoms with Gasteiger partial charge in [0, 0.05) is 10.9 Å². The Balaban J connectivity index is 0.000000557. The molecule has 0 aromatic heterocycles. The summed E-state index contributed by atoms with van der Waals surface area (Å²) in [4.78, 5) is 0. The zero-order valence-electron chi connectivity index (χ0n) is 8.50. The third-order valence-electron chi connectivity index (χ3n) is 1.43. The molecular formula is C9H10BrF3N2OS. The highest BCUT2D eigenvalue weighted by atomic mass is 79.9. The number of ether oxygens (including phenoxy) is 1. The number of benzene rings is 1. The number of hydrogen-bond acceptors (Lipinski definition) is 2. The van der Waals surface area contributed by atoms with Gasteiger partial charge in [-0.15, -0.1) is 0 Å². The monoisotopic (exact) mass is 330 g/mol. The highest BCUT2D eigenvalue weighted by Gasteiger charge is 2.11. The van der Waals surface area contributed by atoms with Crippen molar-refractivity contribution >= 4 is 33.3 Å². The minimum Gasteiger partial charge on any atom is -0.434 e. The summed E-state index contributed by atoms with van der Waals surface area (Å²) in [5, 5.41) is 0.141. The summed E-state index contributed by atoms with van der Waals surface area (Å²) >= 11 is 7.08. The number of thiocarbonyl (C=S) groups is 1. The van der Waals surface area contributed by atoms with Crippen molar-refractivity contribution in [1.82, 2.24) is 0 Å². The fourth-order valence-electron chi connectivity index (χ4n) is 0.875. The molecule has 1 rings (SSSR count). The van der Waals surface area contributed by atoms with Crippen LogP contribution in [0.15, 0.2) is 18.2 Å². The van der Waals surface area contributed by atoms with Gasteiger partial charge < -0.3 is 16.2 Å². The van der Waals surface area contributed by atoms with E-state index >= 15 is 0 Å². The maximum absolute atomic E-state index is 12.9. The van der Waals surface area contributed by atoms with Crippen LogP contribution in [0.1, 0.15) is 5.56 Å². The van der Waals surface area contributed by atoms with E-state index in [9.17, 15) is 13.2 Å². The predicted octanol–water partition coefficient (Wildman–Crippen LogP) is 2.51. The molecule has 96 valence electrons. The standard InChI is InChI=1S/C8H6BrF3O.CH4N2S/c9-4-5-6(10)2-1-3-7(5)13-8(11)12;2-1(3)4/h1-3,8H,4H2;(H4,2,3,4). The summed E-state index contributed by atoms with van der Waals surface area (Å²) in [6, 6.07) is 3.81. The number of halogens is 4. The van der Waals surface area contributed by atoms with E-state index in [0.29, 0.717) is 0 Å². The van der Waals surface area contributed by atoms with Crippen LogP contribution >= 0.6 is 28.1 Å². The van der Waals surface area contributed by atoms with Crippen LogP contribution in [0.4, 0.5) is 13.2 Å². The smallest absolute Gasteiger partial charge is 0.387 e. The first-order valence-electron chi connectivity index (χ1n) is 4.21. The highest BCUT2D eigenvalue weighted by molar-refractivity contribution is 9.08. The zero-order chi connectivity index (χ0) is 13.4. The molecule has 3 nitrogen and oxygen atoms in total. The van der Waals surface area contributed by atoms with Crippen molar-refractivity contribution in [1.29, 1.82) is 0 Å². The quantitative estimate of drug-likeness (QED) is 0.660. The van der Waals surface area contributed by atoms with Gasteiger partial charge in [0.15, 0.2) is 5.11 Å². The Labute approximate surface area is 110 Å². The lowest BCUT2D eigenvalue weighted by Gasteiger charge is -2.08. The zero-order valence-corrected chi connectivity index (χ0v) is 10.9. The van der Waals surface area contributed by atoms with Crippen LogP contribution in [0.5, 0.6) is 5.75 Å². The first kappa shape index (κ1) is 16.0. The summed E-state index contributed by atoms with van der Waals surface area (Å²) in [6.45, 7) is -2.93. The van der Waals surface area contributed by atoms with Crippen LogP contribution < -0.4 is 16.2 Å². The molecule has 0 amide bonds. The second-order valence-corrected chi connectivity index (χ2v) is 3.66. The van der Waals surface area contributed by atoms with Crippen LogP contribution in [0.2, 0.25) is 0 Å². The van der Waals surface area contributed by atoms with Gasteiger partial charge in [-0.05, 0) is 24.4 Å². The Morgan fingerprint density at radius 2 is 1.94 bits per heavy atom. The fraction of sp³-hybridized carbons (Fsp3) is 0.222. The van der Waals surface area contributed by atoms with Crippen LogP contribution in [-0.2, 0) is 5.33 Å². The van der Waals surface area contributed by atoms with Crippen LogP contribution in [0.3, 0.4) is 0 Å². The maximum atomic E-state index is 12.9. The minimum absolute atomic E-state index is 0.000000000000000222. The predicted molar refractivity (Wildman–Crippen MR) is 66.6 cm³/mol. The molecule has 0 aliphatic heterocycles. The molecule has 0 unspecified atom stereocenters. The van der Waals surface area contributed by atoms with E-state index in [1.165, 1.54) is 18.2 Å². The Hall–Kier alpha value is -1.02. The number of alkyl halides is 3. The first-order chi connectivity index (χ1) is 7.88. The molecule has 4 N–H and O–H groups in total. The summed E-state index contributed by atoms with van der Waals surface area (Å²) in [5.74, 6) is -0.693. The van der Waals surface area contributed by atoms with Crippen molar-refractivity contribution in [3.63, 3.8) is 0 Å². The third-order valence-corrected chi connectivity index (χ3v) is 1.99. The molecule has 1 aromatic rings. The van der Waals surface area contributed by atoms with E-state index < -0.39 is 12.4 Å². The molecule has 0 saturated heterocycles. The average Bonchev–Trinajstić information content (AvgIpc) is 2.16. The van der Waals surface area contributed by atoms with Crippen molar-refractivity contribution in [2.45, 2.75) is 11.9 Å². The molecule has 0 radical (unpaired) electrons. The summed E-state index contributed by atoms with van der Waals surface area (Å²) in [6.07, 6.45) is 0. The van der Waals surface area contributed by atoms with Crippen LogP contribution in [0.25, 0.3) is 0 Å². The van der Waals surface area contributed by atoms with Gasteiger partial charge in [-0.1, -0.05) is 22.0 Å². The molecule has 0 atom stereocenters. The highest BCUT2D eigenvalue weighted by Crippen LogP contribution is 2.25. The first-order valence-corrected chi connectivity index (χ1v) is 5.74. The Morgan fingerprint density at radius 3 is 2.35 bits per heavy atom. The summed E-state index contributed by atoms with van der Waals surface area (Å²) in [5.41, 5.74) is 9.34.